The summed E-state index contributed by atoms with van der Waals surface area (Å²) in [6, 6.07) is 15.7. The van der Waals surface area contributed by atoms with Crippen molar-refractivity contribution in [3.8, 4) is 18.1 Å². The fourth-order valence-electron chi connectivity index (χ4n) is 2.99. The van der Waals surface area contributed by atoms with Crippen LogP contribution in [-0.2, 0) is 10.3 Å². The number of hydrazone groups is 1. The van der Waals surface area contributed by atoms with Crippen LogP contribution in [0.1, 0.15) is 24.5 Å². The molecule has 1 atom stereocenters. The molecule has 3 rings (SSSR count). The summed E-state index contributed by atoms with van der Waals surface area (Å²) in [6.07, 6.45) is 7.05. The minimum absolute atomic E-state index is 0.112. The van der Waals surface area contributed by atoms with E-state index in [9.17, 15) is 9.59 Å². The first-order valence-electron chi connectivity index (χ1n) is 8.54. The molecule has 27 heavy (non-hydrogen) atoms. The number of nitrogens with zero attached hydrogens (tertiary/aromatic N) is 2. The van der Waals surface area contributed by atoms with Gasteiger partial charge in [0.2, 0.25) is 0 Å². The highest BCUT2D eigenvalue weighted by Crippen LogP contribution is 2.32. The Labute approximate surface area is 157 Å². The van der Waals surface area contributed by atoms with Crippen molar-refractivity contribution in [1.29, 1.82) is 0 Å². The van der Waals surface area contributed by atoms with Crippen LogP contribution in [0, 0.1) is 12.3 Å². The van der Waals surface area contributed by atoms with Crippen molar-refractivity contribution in [2.45, 2.75) is 18.9 Å². The van der Waals surface area contributed by atoms with E-state index < -0.39 is 17.5 Å². The third-order valence-corrected chi connectivity index (χ3v) is 4.41. The maximum Gasteiger partial charge on any atom is 0.346 e. The molecule has 1 aliphatic rings. The fourth-order valence-corrected chi connectivity index (χ4v) is 2.99. The summed E-state index contributed by atoms with van der Waals surface area (Å²) < 4.78 is 5.46. The highest BCUT2D eigenvalue weighted by Gasteiger charge is 2.51. The molecule has 136 valence electrons. The molecule has 2 aromatic rings. The van der Waals surface area contributed by atoms with E-state index in [2.05, 4.69) is 16.3 Å². The van der Waals surface area contributed by atoms with Gasteiger partial charge in [0.15, 0.2) is 0 Å². The molecule has 1 aliphatic heterocycles. The van der Waals surface area contributed by atoms with Crippen LogP contribution in [0.4, 0.5) is 4.79 Å². The number of carbonyl (C=O) groups excluding carboxylic acids is 2. The summed E-state index contributed by atoms with van der Waals surface area (Å²) >= 11 is 0. The zero-order valence-corrected chi connectivity index (χ0v) is 14.9. The van der Waals surface area contributed by atoms with Gasteiger partial charge in [-0.3, -0.25) is 4.79 Å². The van der Waals surface area contributed by atoms with Crippen LogP contribution in [0.15, 0.2) is 59.7 Å². The first kappa shape index (κ1) is 18.2. The number of urea groups is 1. The van der Waals surface area contributed by atoms with E-state index in [1.54, 1.807) is 24.3 Å². The Kier molecular flexibility index (Phi) is 5.23. The first-order valence-corrected chi connectivity index (χ1v) is 8.54. The number of para-hydroxylation sites is 1. The molecule has 0 bridgehead atoms. The molecule has 6 nitrogen and oxygen atoms in total. The molecule has 1 N–H and O–H groups in total. The summed E-state index contributed by atoms with van der Waals surface area (Å²) in [5.41, 5.74) is 0.221. The van der Waals surface area contributed by atoms with Crippen molar-refractivity contribution >= 4 is 18.2 Å². The number of terminal acetylenes is 1. The Morgan fingerprint density at radius 1 is 1.19 bits per heavy atom. The topological polar surface area (TPSA) is 71.0 Å². The number of benzene rings is 2. The van der Waals surface area contributed by atoms with E-state index in [0.717, 1.165) is 10.6 Å². The Morgan fingerprint density at radius 3 is 2.59 bits per heavy atom. The molecule has 3 amide bonds. The average molecular weight is 361 g/mol. The largest absolute Gasteiger partial charge is 0.480 e. The van der Waals surface area contributed by atoms with Crippen LogP contribution in [0.3, 0.4) is 0 Å². The lowest BCUT2D eigenvalue weighted by atomic mass is 9.87. The number of ether oxygens (including phenoxy) is 1. The number of hydrogen-bond donors (Lipinski definition) is 1. The van der Waals surface area contributed by atoms with E-state index in [-0.39, 0.29) is 6.61 Å². The Balaban J connectivity index is 1.89. The van der Waals surface area contributed by atoms with Gasteiger partial charge in [-0.05, 0) is 24.1 Å². The van der Waals surface area contributed by atoms with Gasteiger partial charge in [-0.2, -0.15) is 5.10 Å². The van der Waals surface area contributed by atoms with Crippen LogP contribution in [0.25, 0.3) is 0 Å². The minimum atomic E-state index is -1.12. The number of amides is 3. The molecule has 0 radical (unpaired) electrons. The summed E-state index contributed by atoms with van der Waals surface area (Å²) in [4.78, 5) is 25.5. The number of rotatable bonds is 6. The van der Waals surface area contributed by atoms with E-state index in [0.29, 0.717) is 17.7 Å². The maximum absolute atomic E-state index is 13.0. The molecule has 0 unspecified atom stereocenters. The molecule has 1 heterocycles. The molecule has 0 aromatic heterocycles. The zero-order valence-electron chi connectivity index (χ0n) is 14.9. The predicted molar refractivity (Wildman–Crippen MR) is 102 cm³/mol. The summed E-state index contributed by atoms with van der Waals surface area (Å²) in [6.45, 7) is 1.96. The van der Waals surface area contributed by atoms with Crippen molar-refractivity contribution in [1.82, 2.24) is 10.3 Å². The normalized spacial score (nSPS) is 19.2. The van der Waals surface area contributed by atoms with Gasteiger partial charge in [0.25, 0.3) is 5.91 Å². The van der Waals surface area contributed by atoms with E-state index in [1.807, 2.05) is 37.3 Å². The van der Waals surface area contributed by atoms with Crippen LogP contribution in [0.5, 0.6) is 5.75 Å². The molecule has 2 aromatic carbocycles. The van der Waals surface area contributed by atoms with Crippen molar-refractivity contribution in [3.63, 3.8) is 0 Å². The van der Waals surface area contributed by atoms with Gasteiger partial charge in [0, 0.05) is 5.56 Å². The van der Waals surface area contributed by atoms with Gasteiger partial charge >= 0.3 is 6.03 Å². The Bertz CT molecular complexity index is 918. The molecule has 1 saturated heterocycles. The summed E-state index contributed by atoms with van der Waals surface area (Å²) in [5.74, 6) is 2.50. The van der Waals surface area contributed by atoms with Crippen LogP contribution < -0.4 is 10.1 Å². The van der Waals surface area contributed by atoms with Crippen LogP contribution in [0.2, 0.25) is 0 Å². The highest BCUT2D eigenvalue weighted by molar-refractivity contribution is 6.07. The van der Waals surface area contributed by atoms with Crippen LogP contribution in [-0.4, -0.2) is 29.8 Å². The molecular weight excluding hydrogens is 342 g/mol. The van der Waals surface area contributed by atoms with Gasteiger partial charge in [0.1, 0.15) is 17.9 Å². The SMILES string of the molecule is C#CCOc1ccccc1/C=N\N1C(=O)N[C@](CC)(c2ccccc2)C1=O. The molecular formula is C21H19N3O3. The summed E-state index contributed by atoms with van der Waals surface area (Å²) in [5, 5.41) is 7.75. The number of nitrogens with one attached hydrogen (secondary N) is 1. The molecule has 6 heteroatoms. The van der Waals surface area contributed by atoms with Gasteiger partial charge in [-0.1, -0.05) is 55.3 Å². The summed E-state index contributed by atoms with van der Waals surface area (Å²) in [7, 11) is 0. The van der Waals surface area contributed by atoms with E-state index >= 15 is 0 Å². The third-order valence-electron chi connectivity index (χ3n) is 4.41. The predicted octanol–water partition coefficient (Wildman–Crippen LogP) is 2.89. The first-order chi connectivity index (χ1) is 13.1. The third kappa shape index (κ3) is 3.40. The van der Waals surface area contributed by atoms with Crippen molar-refractivity contribution < 1.29 is 14.3 Å². The minimum Gasteiger partial charge on any atom is -0.480 e. The lowest BCUT2D eigenvalue weighted by molar-refractivity contribution is -0.131. The lowest BCUT2D eigenvalue weighted by Crippen LogP contribution is -2.43. The molecule has 1 fully saturated rings. The van der Waals surface area contributed by atoms with E-state index in [1.165, 1.54) is 6.21 Å². The highest BCUT2D eigenvalue weighted by atomic mass is 16.5. The van der Waals surface area contributed by atoms with Crippen molar-refractivity contribution in [2.24, 2.45) is 5.10 Å². The smallest absolute Gasteiger partial charge is 0.346 e. The number of imide groups is 1. The van der Waals surface area contributed by atoms with Gasteiger partial charge < -0.3 is 10.1 Å². The second kappa shape index (κ2) is 7.75. The van der Waals surface area contributed by atoms with Crippen molar-refractivity contribution in [3.05, 3.63) is 65.7 Å². The molecule has 0 aliphatic carbocycles. The Hall–Kier alpha value is -3.59. The van der Waals surface area contributed by atoms with Gasteiger partial charge in [-0.15, -0.1) is 11.4 Å². The molecule has 0 saturated carbocycles. The van der Waals surface area contributed by atoms with Gasteiger partial charge in [-0.25, -0.2) is 4.79 Å². The Morgan fingerprint density at radius 2 is 1.89 bits per heavy atom. The zero-order chi connectivity index (χ0) is 19.3. The second-order valence-corrected chi connectivity index (χ2v) is 5.95. The maximum atomic E-state index is 13.0. The standard InChI is InChI=1S/C21H19N3O3/c1-3-14-27-18-13-9-8-10-16(18)15-22-24-19(25)21(4-2,23-20(24)26)17-11-6-5-7-12-17/h1,5-13,15H,4,14H2,2H3,(H,23,26)/b22-15-/t21-/m1/s1. The van der Waals surface area contributed by atoms with Gasteiger partial charge in [0.05, 0.1) is 6.21 Å². The fraction of sp³-hybridized carbons (Fsp3) is 0.190. The monoisotopic (exact) mass is 361 g/mol. The second-order valence-electron chi connectivity index (χ2n) is 5.95. The number of carbonyl (C=O) groups is 2. The van der Waals surface area contributed by atoms with Crippen LogP contribution >= 0.6 is 0 Å². The number of hydrogen-bond acceptors (Lipinski definition) is 4. The average Bonchev–Trinajstić information content (AvgIpc) is 2.96. The quantitative estimate of drug-likeness (QED) is 0.489. The molecule has 0 spiro atoms. The van der Waals surface area contributed by atoms with E-state index in [4.69, 9.17) is 11.2 Å². The lowest BCUT2D eigenvalue weighted by Gasteiger charge is -2.24. The van der Waals surface area contributed by atoms with Crippen molar-refractivity contribution in [2.75, 3.05) is 6.61 Å².